The monoisotopic (exact) mass is 286 g/mol. The number of amides is 2. The number of hydrogen-bond donors (Lipinski definition) is 2. The molecule has 0 unspecified atom stereocenters. The summed E-state index contributed by atoms with van der Waals surface area (Å²) in [5.74, 6) is 1.62. The lowest BCUT2D eigenvalue weighted by Crippen LogP contribution is -2.36. The number of carbonyl (C=O) groups is 2. The maximum absolute atomic E-state index is 12.0. The first-order chi connectivity index (χ1) is 10.1. The van der Waals surface area contributed by atoms with Crippen LogP contribution in [0, 0.1) is 12.3 Å². The molecular formula is C16H18N2O3. The molecule has 5 heteroatoms. The molecule has 0 bridgehead atoms. The Labute approximate surface area is 124 Å². The number of rotatable bonds is 5. The zero-order chi connectivity index (χ0) is 15.2. The molecule has 0 saturated heterocycles. The van der Waals surface area contributed by atoms with E-state index in [0.29, 0.717) is 19.6 Å². The van der Waals surface area contributed by atoms with Crippen LogP contribution < -0.4 is 5.32 Å². The number of carboxylic acids is 1. The summed E-state index contributed by atoms with van der Waals surface area (Å²) in [7, 11) is 0. The maximum Gasteiger partial charge on any atom is 0.335 e. The quantitative estimate of drug-likeness (QED) is 0.644. The molecule has 0 aliphatic carbocycles. The number of urea groups is 1. The second kappa shape index (κ2) is 6.80. The molecule has 0 saturated carbocycles. The van der Waals surface area contributed by atoms with Crippen molar-refractivity contribution in [3.63, 3.8) is 0 Å². The van der Waals surface area contributed by atoms with Gasteiger partial charge < -0.3 is 15.3 Å². The van der Waals surface area contributed by atoms with Gasteiger partial charge >= 0.3 is 12.0 Å². The number of unbranched alkanes of at least 4 members (excludes halogenated alkanes) is 2. The number of benzene rings is 1. The Morgan fingerprint density at radius 2 is 2.05 bits per heavy atom. The summed E-state index contributed by atoms with van der Waals surface area (Å²) in [5.41, 5.74) is 2.16. The molecule has 1 heterocycles. The average Bonchev–Trinajstić information content (AvgIpc) is 2.89. The summed E-state index contributed by atoms with van der Waals surface area (Å²) in [6.45, 7) is 1.58. The molecule has 2 amide bonds. The van der Waals surface area contributed by atoms with Crippen LogP contribution in [0.15, 0.2) is 18.2 Å². The Bertz CT molecular complexity index is 590. The van der Waals surface area contributed by atoms with Crippen LogP contribution in [0.4, 0.5) is 4.79 Å². The minimum atomic E-state index is -0.950. The minimum Gasteiger partial charge on any atom is -0.478 e. The van der Waals surface area contributed by atoms with Gasteiger partial charge in [0.25, 0.3) is 0 Å². The maximum atomic E-state index is 12.0. The Hall–Kier alpha value is -2.48. The van der Waals surface area contributed by atoms with Crippen LogP contribution in [0.3, 0.4) is 0 Å². The predicted octanol–water partition coefficient (Wildman–Crippen LogP) is 2.21. The van der Waals surface area contributed by atoms with Crippen molar-refractivity contribution >= 4 is 12.0 Å². The highest BCUT2D eigenvalue weighted by atomic mass is 16.4. The summed E-state index contributed by atoms with van der Waals surface area (Å²) >= 11 is 0. The van der Waals surface area contributed by atoms with Gasteiger partial charge in [0.2, 0.25) is 0 Å². The molecule has 0 aromatic heterocycles. The van der Waals surface area contributed by atoms with Gasteiger partial charge in [-0.05, 0) is 36.1 Å². The summed E-state index contributed by atoms with van der Waals surface area (Å²) in [4.78, 5) is 24.6. The van der Waals surface area contributed by atoms with Crippen LogP contribution in [0.5, 0.6) is 0 Å². The first-order valence-electron chi connectivity index (χ1n) is 6.93. The number of aromatic carboxylic acids is 1. The smallest absolute Gasteiger partial charge is 0.335 e. The number of carboxylic acid groups (broad SMARTS) is 1. The third-order valence-electron chi connectivity index (χ3n) is 3.49. The fourth-order valence-electron chi connectivity index (χ4n) is 2.33. The Kier molecular flexibility index (Phi) is 4.83. The third-order valence-corrected chi connectivity index (χ3v) is 3.49. The summed E-state index contributed by atoms with van der Waals surface area (Å²) in [5, 5.41) is 11.8. The zero-order valence-corrected chi connectivity index (χ0v) is 11.8. The molecule has 21 heavy (non-hydrogen) atoms. The number of nitrogens with one attached hydrogen (secondary N) is 1. The molecule has 0 spiro atoms. The van der Waals surface area contributed by atoms with E-state index in [9.17, 15) is 9.59 Å². The highest BCUT2D eigenvalue weighted by Gasteiger charge is 2.23. The van der Waals surface area contributed by atoms with Gasteiger partial charge in [-0.15, -0.1) is 12.3 Å². The van der Waals surface area contributed by atoms with Crippen LogP contribution in [0.1, 0.15) is 40.7 Å². The standard InChI is InChI=1S/C16H18N2O3/c1-2-3-4-5-8-17-16(21)18-10-13-7-6-12(15(19)20)9-14(13)11-18/h1,6-7,9H,3-5,8,10-11H2,(H,17,21)(H,19,20). The van der Waals surface area contributed by atoms with Gasteiger partial charge in [0.1, 0.15) is 0 Å². The van der Waals surface area contributed by atoms with Crippen molar-refractivity contribution in [2.24, 2.45) is 0 Å². The highest BCUT2D eigenvalue weighted by Crippen LogP contribution is 2.23. The van der Waals surface area contributed by atoms with Crippen LogP contribution in [-0.2, 0) is 13.1 Å². The highest BCUT2D eigenvalue weighted by molar-refractivity contribution is 5.88. The third kappa shape index (κ3) is 3.76. The SMILES string of the molecule is C#CCCCCNC(=O)N1Cc2ccc(C(=O)O)cc2C1. The van der Waals surface area contributed by atoms with E-state index in [1.54, 1.807) is 23.1 Å². The second-order valence-electron chi connectivity index (χ2n) is 5.04. The molecule has 0 fully saturated rings. The Balaban J connectivity index is 1.86. The molecule has 110 valence electrons. The molecule has 1 aliphatic rings. The van der Waals surface area contributed by atoms with Crippen LogP contribution in [0.2, 0.25) is 0 Å². The van der Waals surface area contributed by atoms with Gasteiger partial charge in [-0.2, -0.15) is 0 Å². The van der Waals surface area contributed by atoms with Crippen molar-refractivity contribution in [2.45, 2.75) is 32.4 Å². The van der Waals surface area contributed by atoms with Crippen LogP contribution >= 0.6 is 0 Å². The summed E-state index contributed by atoms with van der Waals surface area (Å²) < 4.78 is 0. The van der Waals surface area contributed by atoms with Crippen molar-refractivity contribution in [3.05, 3.63) is 34.9 Å². The van der Waals surface area contributed by atoms with Crippen molar-refractivity contribution in [1.29, 1.82) is 0 Å². The van der Waals surface area contributed by atoms with Gasteiger partial charge in [0, 0.05) is 26.1 Å². The molecule has 1 aromatic rings. The number of carbonyl (C=O) groups excluding carboxylic acids is 1. The molecule has 2 N–H and O–H groups in total. The van der Waals surface area contributed by atoms with E-state index in [1.165, 1.54) is 0 Å². The molecule has 1 aliphatic heterocycles. The molecule has 5 nitrogen and oxygen atoms in total. The van der Waals surface area contributed by atoms with Crippen LogP contribution in [-0.4, -0.2) is 28.6 Å². The topological polar surface area (TPSA) is 69.6 Å². The van der Waals surface area contributed by atoms with Crippen molar-refractivity contribution in [3.8, 4) is 12.3 Å². The normalized spacial score (nSPS) is 12.6. The number of hydrogen-bond acceptors (Lipinski definition) is 2. The van der Waals surface area contributed by atoms with Gasteiger partial charge in [-0.3, -0.25) is 0 Å². The van der Waals surface area contributed by atoms with E-state index < -0.39 is 5.97 Å². The van der Waals surface area contributed by atoms with Gasteiger partial charge in [0.05, 0.1) is 5.56 Å². The Morgan fingerprint density at radius 1 is 1.29 bits per heavy atom. The fraction of sp³-hybridized carbons (Fsp3) is 0.375. The number of nitrogens with zero attached hydrogens (tertiary/aromatic N) is 1. The van der Waals surface area contributed by atoms with Crippen molar-refractivity contribution in [1.82, 2.24) is 10.2 Å². The minimum absolute atomic E-state index is 0.121. The first-order valence-corrected chi connectivity index (χ1v) is 6.93. The largest absolute Gasteiger partial charge is 0.478 e. The van der Waals surface area contributed by atoms with E-state index >= 15 is 0 Å². The lowest BCUT2D eigenvalue weighted by Gasteiger charge is -2.16. The van der Waals surface area contributed by atoms with E-state index in [-0.39, 0.29) is 11.6 Å². The van der Waals surface area contributed by atoms with E-state index in [2.05, 4.69) is 11.2 Å². The fourth-order valence-corrected chi connectivity index (χ4v) is 2.33. The first kappa shape index (κ1) is 14.9. The van der Waals surface area contributed by atoms with E-state index in [0.717, 1.165) is 30.4 Å². The van der Waals surface area contributed by atoms with Crippen molar-refractivity contribution < 1.29 is 14.7 Å². The summed E-state index contributed by atoms with van der Waals surface area (Å²) in [6, 6.07) is 4.86. The molecule has 0 radical (unpaired) electrons. The second-order valence-corrected chi connectivity index (χ2v) is 5.04. The average molecular weight is 286 g/mol. The number of terminal acetylenes is 1. The molecule has 2 rings (SSSR count). The zero-order valence-electron chi connectivity index (χ0n) is 11.8. The molecule has 1 aromatic carbocycles. The van der Waals surface area contributed by atoms with E-state index in [1.807, 2.05) is 0 Å². The predicted molar refractivity (Wildman–Crippen MR) is 78.7 cm³/mol. The summed E-state index contributed by atoms with van der Waals surface area (Å²) in [6.07, 6.45) is 7.65. The lowest BCUT2D eigenvalue weighted by molar-refractivity contribution is 0.0696. The van der Waals surface area contributed by atoms with Crippen molar-refractivity contribution in [2.75, 3.05) is 6.54 Å². The molecule has 0 atom stereocenters. The van der Waals surface area contributed by atoms with E-state index in [4.69, 9.17) is 11.5 Å². The molecular weight excluding hydrogens is 268 g/mol. The van der Waals surface area contributed by atoms with Crippen LogP contribution in [0.25, 0.3) is 0 Å². The Morgan fingerprint density at radius 3 is 2.76 bits per heavy atom. The number of fused-ring (bicyclic) bond motifs is 1. The van der Waals surface area contributed by atoms with Gasteiger partial charge in [-0.25, -0.2) is 9.59 Å². The lowest BCUT2D eigenvalue weighted by atomic mass is 10.1. The van der Waals surface area contributed by atoms with Gasteiger partial charge in [-0.1, -0.05) is 6.07 Å². The van der Waals surface area contributed by atoms with Gasteiger partial charge in [0.15, 0.2) is 0 Å².